The standard InChI is InChI=1S/C18H21N5OS/c1-12-5-3-6-14(11-12)20-22-21-17(19)15-7-4-10-23(15)18(24)16-9-8-13(2)25-16/h3,5-6,8-9,11,15H,4,7,10H2,1-2H3,(H2,19,20,21). The number of carbonyl (C=O) groups is 1. The van der Waals surface area contributed by atoms with Crippen molar-refractivity contribution in [3.05, 3.63) is 51.7 Å². The van der Waals surface area contributed by atoms with Crippen LogP contribution in [0.2, 0.25) is 0 Å². The Hall–Kier alpha value is -2.54. The second kappa shape index (κ2) is 7.57. The van der Waals surface area contributed by atoms with E-state index in [4.69, 9.17) is 5.41 Å². The van der Waals surface area contributed by atoms with Crippen LogP contribution in [0.1, 0.15) is 33.0 Å². The van der Waals surface area contributed by atoms with Gasteiger partial charge in [0.15, 0.2) is 5.84 Å². The van der Waals surface area contributed by atoms with E-state index in [2.05, 4.69) is 15.8 Å². The molecule has 1 aromatic heterocycles. The van der Waals surface area contributed by atoms with E-state index in [9.17, 15) is 4.79 Å². The Morgan fingerprint density at radius 1 is 1.32 bits per heavy atom. The largest absolute Gasteiger partial charge is 0.328 e. The maximum atomic E-state index is 12.7. The van der Waals surface area contributed by atoms with Crippen molar-refractivity contribution in [2.45, 2.75) is 32.7 Å². The molecule has 1 atom stereocenters. The fourth-order valence-corrected chi connectivity index (χ4v) is 3.73. The highest BCUT2D eigenvalue weighted by Crippen LogP contribution is 2.24. The number of carbonyl (C=O) groups excluding carboxylic acids is 1. The summed E-state index contributed by atoms with van der Waals surface area (Å²) in [6.07, 6.45) is 1.63. The first kappa shape index (κ1) is 17.3. The zero-order chi connectivity index (χ0) is 17.8. The Kier molecular flexibility index (Phi) is 5.23. The third-order valence-electron chi connectivity index (χ3n) is 4.14. The van der Waals surface area contributed by atoms with Gasteiger partial charge in [-0.15, -0.1) is 16.5 Å². The van der Waals surface area contributed by atoms with Crippen molar-refractivity contribution < 1.29 is 4.79 Å². The highest BCUT2D eigenvalue weighted by atomic mass is 32.1. The van der Waals surface area contributed by atoms with E-state index in [1.807, 2.05) is 50.2 Å². The maximum Gasteiger partial charge on any atom is 0.264 e. The number of hydrogen-bond donors (Lipinski definition) is 2. The molecular weight excluding hydrogens is 334 g/mol. The maximum absolute atomic E-state index is 12.7. The second-order valence-corrected chi connectivity index (χ2v) is 7.42. The van der Waals surface area contributed by atoms with Crippen LogP contribution in [-0.4, -0.2) is 29.2 Å². The molecule has 1 aliphatic heterocycles. The van der Waals surface area contributed by atoms with Gasteiger partial charge in [0.05, 0.1) is 16.6 Å². The number of nitrogens with zero attached hydrogens (tertiary/aromatic N) is 3. The van der Waals surface area contributed by atoms with E-state index in [0.29, 0.717) is 11.4 Å². The van der Waals surface area contributed by atoms with Gasteiger partial charge in [-0.1, -0.05) is 17.4 Å². The SMILES string of the molecule is Cc1cccc(N/N=N\C(=N)C2CCCN2C(=O)c2ccc(C)s2)c1. The summed E-state index contributed by atoms with van der Waals surface area (Å²) in [5, 5.41) is 16.1. The van der Waals surface area contributed by atoms with Gasteiger partial charge in [-0.25, -0.2) is 0 Å². The van der Waals surface area contributed by atoms with Crippen LogP contribution in [0.5, 0.6) is 0 Å². The zero-order valence-corrected chi connectivity index (χ0v) is 15.1. The first-order valence-corrected chi connectivity index (χ1v) is 9.05. The Bertz CT molecular complexity index is 813. The van der Waals surface area contributed by atoms with Crippen molar-refractivity contribution >= 4 is 28.8 Å². The molecule has 7 heteroatoms. The molecule has 25 heavy (non-hydrogen) atoms. The Balaban J connectivity index is 1.64. The third-order valence-corrected chi connectivity index (χ3v) is 5.12. The average Bonchev–Trinajstić information content (AvgIpc) is 3.23. The molecule has 1 fully saturated rings. The molecule has 2 N–H and O–H groups in total. The molecule has 1 amide bonds. The van der Waals surface area contributed by atoms with E-state index in [-0.39, 0.29) is 17.8 Å². The summed E-state index contributed by atoms with van der Waals surface area (Å²) in [4.78, 5) is 16.2. The summed E-state index contributed by atoms with van der Waals surface area (Å²) in [7, 11) is 0. The van der Waals surface area contributed by atoms with E-state index < -0.39 is 0 Å². The zero-order valence-electron chi connectivity index (χ0n) is 14.3. The van der Waals surface area contributed by atoms with Gasteiger partial charge < -0.3 is 4.90 Å². The number of benzene rings is 1. The van der Waals surface area contributed by atoms with Crippen molar-refractivity contribution in [1.29, 1.82) is 5.41 Å². The van der Waals surface area contributed by atoms with Crippen molar-refractivity contribution in [3.8, 4) is 0 Å². The lowest BCUT2D eigenvalue weighted by Crippen LogP contribution is -2.39. The minimum atomic E-state index is -0.307. The van der Waals surface area contributed by atoms with Gasteiger partial charge in [0.2, 0.25) is 0 Å². The number of amidine groups is 1. The summed E-state index contributed by atoms with van der Waals surface area (Å²) >= 11 is 1.48. The van der Waals surface area contributed by atoms with Crippen LogP contribution in [0.25, 0.3) is 0 Å². The minimum absolute atomic E-state index is 0.0211. The van der Waals surface area contributed by atoms with Gasteiger partial charge in [-0.2, -0.15) is 0 Å². The number of hydrogen-bond acceptors (Lipinski definition) is 4. The number of anilines is 1. The van der Waals surface area contributed by atoms with Crippen molar-refractivity contribution in [2.75, 3.05) is 12.0 Å². The van der Waals surface area contributed by atoms with E-state index >= 15 is 0 Å². The molecule has 0 saturated carbocycles. The van der Waals surface area contributed by atoms with Gasteiger partial charge in [-0.3, -0.25) is 15.6 Å². The normalized spacial score (nSPS) is 17.2. The first-order chi connectivity index (χ1) is 12.0. The van der Waals surface area contributed by atoms with Crippen LogP contribution in [0.15, 0.2) is 46.7 Å². The highest BCUT2D eigenvalue weighted by Gasteiger charge is 2.33. The lowest BCUT2D eigenvalue weighted by atomic mass is 10.2. The van der Waals surface area contributed by atoms with E-state index in [1.165, 1.54) is 11.3 Å². The molecule has 1 aromatic carbocycles. The van der Waals surface area contributed by atoms with Gasteiger partial charge in [0.1, 0.15) is 0 Å². The second-order valence-electron chi connectivity index (χ2n) is 6.13. The molecule has 0 aliphatic carbocycles. The number of aryl methyl sites for hydroxylation is 2. The third kappa shape index (κ3) is 4.11. The molecule has 1 saturated heterocycles. The molecule has 130 valence electrons. The van der Waals surface area contributed by atoms with Gasteiger partial charge >= 0.3 is 0 Å². The lowest BCUT2D eigenvalue weighted by Gasteiger charge is -2.22. The topological polar surface area (TPSA) is 80.9 Å². The average molecular weight is 355 g/mol. The number of rotatable bonds is 4. The Morgan fingerprint density at radius 3 is 2.88 bits per heavy atom. The van der Waals surface area contributed by atoms with Crippen LogP contribution >= 0.6 is 11.3 Å². The van der Waals surface area contributed by atoms with Crippen LogP contribution in [-0.2, 0) is 0 Å². The number of thiophene rings is 1. The predicted molar refractivity (Wildman–Crippen MR) is 100 cm³/mol. The lowest BCUT2D eigenvalue weighted by molar-refractivity contribution is 0.0773. The summed E-state index contributed by atoms with van der Waals surface area (Å²) in [6.45, 7) is 4.64. The molecule has 1 unspecified atom stereocenters. The molecule has 2 heterocycles. The van der Waals surface area contributed by atoms with Crippen LogP contribution in [0.4, 0.5) is 5.69 Å². The van der Waals surface area contributed by atoms with E-state index in [1.54, 1.807) is 4.90 Å². The number of nitrogens with one attached hydrogen (secondary N) is 2. The van der Waals surface area contributed by atoms with Crippen molar-refractivity contribution in [3.63, 3.8) is 0 Å². The number of amides is 1. The van der Waals surface area contributed by atoms with Crippen molar-refractivity contribution in [1.82, 2.24) is 4.90 Å². The summed E-state index contributed by atoms with van der Waals surface area (Å²) < 4.78 is 0. The molecule has 0 bridgehead atoms. The first-order valence-electron chi connectivity index (χ1n) is 8.24. The van der Waals surface area contributed by atoms with Crippen LogP contribution in [0.3, 0.4) is 0 Å². The molecule has 1 aliphatic rings. The smallest absolute Gasteiger partial charge is 0.264 e. The van der Waals surface area contributed by atoms with Crippen LogP contribution < -0.4 is 5.43 Å². The molecule has 0 radical (unpaired) electrons. The highest BCUT2D eigenvalue weighted by molar-refractivity contribution is 7.13. The number of likely N-dealkylation sites (tertiary alicyclic amines) is 1. The van der Waals surface area contributed by atoms with Gasteiger partial charge in [-0.05, 0) is 56.5 Å². The molecule has 6 nitrogen and oxygen atoms in total. The quantitative estimate of drug-likeness (QED) is 0.368. The predicted octanol–water partition coefficient (Wildman–Crippen LogP) is 4.43. The molecule has 0 spiro atoms. The summed E-state index contributed by atoms with van der Waals surface area (Å²) in [5.74, 6) is 0.0893. The summed E-state index contributed by atoms with van der Waals surface area (Å²) in [5.41, 5.74) is 4.78. The van der Waals surface area contributed by atoms with Gasteiger partial charge in [0, 0.05) is 11.4 Å². The Labute approximate surface area is 151 Å². The van der Waals surface area contributed by atoms with Crippen molar-refractivity contribution in [2.24, 2.45) is 10.3 Å². The monoisotopic (exact) mass is 355 g/mol. The molecular formula is C18H21N5OS. The minimum Gasteiger partial charge on any atom is -0.328 e. The molecule has 3 rings (SSSR count). The Morgan fingerprint density at radius 2 is 2.16 bits per heavy atom. The van der Waals surface area contributed by atoms with Gasteiger partial charge in [0.25, 0.3) is 5.91 Å². The fraction of sp³-hybridized carbons (Fsp3) is 0.333. The fourth-order valence-electron chi connectivity index (χ4n) is 2.90. The van der Waals surface area contributed by atoms with E-state index in [0.717, 1.165) is 29.0 Å². The van der Waals surface area contributed by atoms with Crippen LogP contribution in [0, 0.1) is 19.3 Å². The summed E-state index contributed by atoms with van der Waals surface area (Å²) in [6, 6.07) is 11.3. The molecule has 2 aromatic rings.